The summed E-state index contributed by atoms with van der Waals surface area (Å²) in [7, 11) is 0. The largest absolute Gasteiger partial charge is 0.289 e. The van der Waals surface area contributed by atoms with Gasteiger partial charge in [0.15, 0.2) is 5.78 Å². The van der Waals surface area contributed by atoms with Crippen molar-refractivity contribution in [3.63, 3.8) is 0 Å². The van der Waals surface area contributed by atoms with E-state index in [0.717, 1.165) is 17.0 Å². The van der Waals surface area contributed by atoms with Gasteiger partial charge in [0.25, 0.3) is 0 Å². The van der Waals surface area contributed by atoms with Gasteiger partial charge in [-0.15, -0.1) is 0 Å². The summed E-state index contributed by atoms with van der Waals surface area (Å²) in [6, 6.07) is 13.6. The number of hydrogen-bond acceptors (Lipinski definition) is 2. The summed E-state index contributed by atoms with van der Waals surface area (Å²) in [5.74, 6) is -0.0883. The monoisotopic (exact) mass is 223 g/mol. The summed E-state index contributed by atoms with van der Waals surface area (Å²) in [6.45, 7) is 5.32. The first-order valence-corrected chi connectivity index (χ1v) is 5.42. The molecule has 0 fully saturated rings. The highest BCUT2D eigenvalue weighted by Gasteiger charge is 2.07. The minimum absolute atomic E-state index is 0.0883. The van der Waals surface area contributed by atoms with Gasteiger partial charge >= 0.3 is 0 Å². The first-order chi connectivity index (χ1) is 8.22. The van der Waals surface area contributed by atoms with Crippen LogP contribution in [0, 0.1) is 6.92 Å². The number of carbonyl (C=O) groups is 1. The first kappa shape index (κ1) is 11.3. The molecule has 17 heavy (non-hydrogen) atoms. The van der Waals surface area contributed by atoms with Crippen molar-refractivity contribution in [2.75, 3.05) is 0 Å². The van der Waals surface area contributed by atoms with Gasteiger partial charge in [-0.05, 0) is 25.1 Å². The molecule has 2 heteroatoms. The van der Waals surface area contributed by atoms with Crippen LogP contribution in [-0.4, -0.2) is 10.8 Å². The van der Waals surface area contributed by atoms with Crippen LogP contribution in [0.3, 0.4) is 0 Å². The number of hydrogen-bond donors (Lipinski definition) is 0. The lowest BCUT2D eigenvalue weighted by Crippen LogP contribution is -2.00. The van der Waals surface area contributed by atoms with Crippen LogP contribution in [0.4, 0.5) is 0 Å². The first-order valence-electron chi connectivity index (χ1n) is 5.42. The fourth-order valence-electron chi connectivity index (χ4n) is 1.70. The molecule has 0 saturated heterocycles. The van der Waals surface area contributed by atoms with Crippen LogP contribution in [0.1, 0.15) is 16.1 Å². The van der Waals surface area contributed by atoms with Gasteiger partial charge in [0.1, 0.15) is 0 Å². The maximum absolute atomic E-state index is 11.5. The van der Waals surface area contributed by atoms with Gasteiger partial charge < -0.3 is 0 Å². The fraction of sp³-hybridized carbons (Fsp3) is 0.0667. The number of pyridine rings is 1. The number of nitrogens with zero attached hydrogens (tertiary/aromatic N) is 1. The molecule has 0 aliphatic rings. The molecule has 0 unspecified atom stereocenters. The third kappa shape index (κ3) is 2.31. The summed E-state index contributed by atoms with van der Waals surface area (Å²) in [6.07, 6.45) is 1.31. The zero-order valence-electron chi connectivity index (χ0n) is 9.68. The summed E-state index contributed by atoms with van der Waals surface area (Å²) >= 11 is 0. The SMILES string of the molecule is C=CC(=O)c1ccc(-c2ccccc2)nc1C. The molecule has 0 aliphatic carbocycles. The Morgan fingerprint density at radius 2 is 1.88 bits per heavy atom. The highest BCUT2D eigenvalue weighted by molar-refractivity contribution is 6.05. The van der Waals surface area contributed by atoms with E-state index in [-0.39, 0.29) is 5.78 Å². The molecule has 0 N–H and O–H groups in total. The second-order valence-electron chi connectivity index (χ2n) is 3.76. The highest BCUT2D eigenvalue weighted by Crippen LogP contribution is 2.18. The molecule has 0 spiro atoms. The molecule has 2 aromatic rings. The molecular formula is C15H13NO. The Morgan fingerprint density at radius 1 is 1.18 bits per heavy atom. The molecule has 1 aromatic carbocycles. The van der Waals surface area contributed by atoms with Crippen LogP contribution in [0.25, 0.3) is 11.3 Å². The quantitative estimate of drug-likeness (QED) is 0.589. The zero-order chi connectivity index (χ0) is 12.3. The number of allylic oxidation sites excluding steroid dienone is 1. The Morgan fingerprint density at radius 3 is 2.47 bits per heavy atom. The third-order valence-corrected chi connectivity index (χ3v) is 2.61. The van der Waals surface area contributed by atoms with E-state index in [9.17, 15) is 4.79 Å². The number of benzene rings is 1. The predicted octanol–water partition coefficient (Wildman–Crippen LogP) is 3.43. The van der Waals surface area contributed by atoms with Gasteiger partial charge in [-0.1, -0.05) is 36.9 Å². The summed E-state index contributed by atoms with van der Waals surface area (Å²) < 4.78 is 0. The van der Waals surface area contributed by atoms with Crippen molar-refractivity contribution in [3.05, 3.63) is 66.4 Å². The number of aromatic nitrogens is 1. The molecule has 0 radical (unpaired) electrons. The number of carbonyl (C=O) groups excluding carboxylic acids is 1. The molecule has 0 atom stereocenters. The van der Waals surface area contributed by atoms with Crippen molar-refractivity contribution >= 4 is 5.78 Å². The molecule has 0 aliphatic heterocycles. The number of rotatable bonds is 3. The van der Waals surface area contributed by atoms with Gasteiger partial charge in [-0.3, -0.25) is 9.78 Å². The van der Waals surface area contributed by atoms with Gasteiger partial charge in [0.2, 0.25) is 0 Å². The molecule has 1 heterocycles. The average molecular weight is 223 g/mol. The smallest absolute Gasteiger partial charge is 0.187 e. The van der Waals surface area contributed by atoms with E-state index in [4.69, 9.17) is 0 Å². The summed E-state index contributed by atoms with van der Waals surface area (Å²) in [4.78, 5) is 16.0. The molecule has 1 aromatic heterocycles. The molecule has 0 bridgehead atoms. The van der Waals surface area contributed by atoms with Crippen LogP contribution in [0.5, 0.6) is 0 Å². The van der Waals surface area contributed by atoms with Crippen LogP contribution in [-0.2, 0) is 0 Å². The van der Waals surface area contributed by atoms with E-state index in [1.54, 1.807) is 6.07 Å². The Labute approximate surface area is 101 Å². The normalized spacial score (nSPS) is 9.94. The lowest BCUT2D eigenvalue weighted by molar-refractivity contribution is 0.104. The summed E-state index contributed by atoms with van der Waals surface area (Å²) in [5.41, 5.74) is 3.27. The highest BCUT2D eigenvalue weighted by atomic mass is 16.1. The van der Waals surface area contributed by atoms with Crippen molar-refractivity contribution < 1.29 is 4.79 Å². The second-order valence-corrected chi connectivity index (χ2v) is 3.76. The van der Waals surface area contributed by atoms with Crippen molar-refractivity contribution in [2.45, 2.75) is 6.92 Å². The van der Waals surface area contributed by atoms with E-state index in [1.165, 1.54) is 6.08 Å². The minimum atomic E-state index is -0.0883. The maximum atomic E-state index is 11.5. The maximum Gasteiger partial charge on any atom is 0.187 e. The van der Waals surface area contributed by atoms with E-state index in [2.05, 4.69) is 11.6 Å². The Balaban J connectivity index is 2.45. The molecular weight excluding hydrogens is 210 g/mol. The second kappa shape index (κ2) is 4.74. The molecule has 84 valence electrons. The van der Waals surface area contributed by atoms with Crippen LogP contribution < -0.4 is 0 Å². The Hall–Kier alpha value is -2.22. The predicted molar refractivity (Wildman–Crippen MR) is 68.9 cm³/mol. The standard InChI is InChI=1S/C15H13NO/c1-3-15(17)13-9-10-14(16-11(13)2)12-7-5-4-6-8-12/h3-10H,1H2,2H3. The van der Waals surface area contributed by atoms with Crippen molar-refractivity contribution in [3.8, 4) is 11.3 Å². The fourth-order valence-corrected chi connectivity index (χ4v) is 1.70. The van der Waals surface area contributed by atoms with Gasteiger partial charge in [-0.2, -0.15) is 0 Å². The molecule has 0 amide bonds. The van der Waals surface area contributed by atoms with E-state index in [0.29, 0.717) is 5.56 Å². The van der Waals surface area contributed by atoms with Gasteiger partial charge in [0, 0.05) is 16.8 Å². The zero-order valence-corrected chi connectivity index (χ0v) is 9.68. The van der Waals surface area contributed by atoms with Crippen LogP contribution in [0.2, 0.25) is 0 Å². The third-order valence-electron chi connectivity index (χ3n) is 2.61. The van der Waals surface area contributed by atoms with E-state index in [1.807, 2.05) is 43.3 Å². The lowest BCUT2D eigenvalue weighted by atomic mass is 10.1. The van der Waals surface area contributed by atoms with Crippen molar-refractivity contribution in [1.29, 1.82) is 0 Å². The van der Waals surface area contributed by atoms with Gasteiger partial charge in [0.05, 0.1) is 5.69 Å². The molecule has 0 saturated carbocycles. The average Bonchev–Trinajstić information content (AvgIpc) is 2.39. The van der Waals surface area contributed by atoms with Gasteiger partial charge in [-0.25, -0.2) is 0 Å². The molecule has 2 nitrogen and oxygen atoms in total. The van der Waals surface area contributed by atoms with Crippen LogP contribution >= 0.6 is 0 Å². The van der Waals surface area contributed by atoms with Crippen LogP contribution in [0.15, 0.2) is 55.1 Å². The van der Waals surface area contributed by atoms with E-state index < -0.39 is 0 Å². The lowest BCUT2D eigenvalue weighted by Gasteiger charge is -2.05. The minimum Gasteiger partial charge on any atom is -0.289 e. The summed E-state index contributed by atoms with van der Waals surface area (Å²) in [5, 5.41) is 0. The van der Waals surface area contributed by atoms with Crippen molar-refractivity contribution in [1.82, 2.24) is 4.98 Å². The number of aryl methyl sites for hydroxylation is 1. The Bertz CT molecular complexity index is 558. The Kier molecular flexibility index (Phi) is 3.15. The van der Waals surface area contributed by atoms with Crippen molar-refractivity contribution in [2.24, 2.45) is 0 Å². The topological polar surface area (TPSA) is 30.0 Å². The van der Waals surface area contributed by atoms with E-state index >= 15 is 0 Å². The molecule has 2 rings (SSSR count). The number of ketones is 1.